The Kier molecular flexibility index (Phi) is 6.19. The highest BCUT2D eigenvalue weighted by Gasteiger charge is 2.18. The third kappa shape index (κ3) is 5.46. The molecule has 24 heavy (non-hydrogen) atoms. The van der Waals surface area contributed by atoms with Crippen LogP contribution in [0.3, 0.4) is 0 Å². The first kappa shape index (κ1) is 18.7. The molecule has 0 saturated heterocycles. The summed E-state index contributed by atoms with van der Waals surface area (Å²) in [5.41, 5.74) is 2.41. The van der Waals surface area contributed by atoms with E-state index in [2.05, 4.69) is 51.7 Å². The van der Waals surface area contributed by atoms with Crippen LogP contribution < -0.4 is 0 Å². The largest absolute Gasteiger partial charge is 0.460 e. The van der Waals surface area contributed by atoms with E-state index in [1.54, 1.807) is 0 Å². The van der Waals surface area contributed by atoms with E-state index in [-0.39, 0.29) is 6.04 Å². The fourth-order valence-corrected chi connectivity index (χ4v) is 3.21. The molecule has 2 rings (SSSR count). The lowest BCUT2D eigenvalue weighted by Gasteiger charge is -2.21. The van der Waals surface area contributed by atoms with Crippen LogP contribution in [0.5, 0.6) is 0 Å². The summed E-state index contributed by atoms with van der Waals surface area (Å²) < 4.78 is 11.9. The van der Waals surface area contributed by atoms with Crippen molar-refractivity contribution in [3.8, 4) is 0 Å². The summed E-state index contributed by atoms with van der Waals surface area (Å²) in [6, 6.07) is 12.4. The number of hydrogen-bond donors (Lipinski definition) is 0. The number of furan rings is 1. The first-order valence-corrected chi connectivity index (χ1v) is 12.0. The zero-order valence-corrected chi connectivity index (χ0v) is 16.7. The van der Waals surface area contributed by atoms with Gasteiger partial charge in [0.1, 0.15) is 11.5 Å². The second kappa shape index (κ2) is 7.95. The molecule has 2 aromatic rings. The predicted molar refractivity (Wildman–Crippen MR) is 104 cm³/mol. The molecule has 0 fully saturated rings. The smallest absolute Gasteiger partial charge is 0.183 e. The molecule has 0 aliphatic carbocycles. The van der Waals surface area contributed by atoms with Gasteiger partial charge in [-0.1, -0.05) is 44.2 Å². The number of hydrogen-bond acceptors (Lipinski definition) is 3. The minimum atomic E-state index is -1.58. The average Bonchev–Trinajstić information content (AvgIpc) is 2.88. The molecule has 3 nitrogen and oxygen atoms in total. The Balaban J connectivity index is 2.19. The highest BCUT2D eigenvalue weighted by atomic mass is 28.4. The molecular formula is C20H29NO2Si. The van der Waals surface area contributed by atoms with Crippen molar-refractivity contribution in [3.05, 3.63) is 59.0 Å². The Morgan fingerprint density at radius 3 is 2.38 bits per heavy atom. The summed E-state index contributed by atoms with van der Waals surface area (Å²) in [5, 5.41) is 0. The molecule has 0 spiro atoms. The molecule has 0 saturated carbocycles. The Morgan fingerprint density at radius 2 is 1.83 bits per heavy atom. The van der Waals surface area contributed by atoms with E-state index >= 15 is 0 Å². The van der Waals surface area contributed by atoms with Gasteiger partial charge in [-0.3, -0.25) is 4.99 Å². The van der Waals surface area contributed by atoms with Crippen LogP contribution in [0.4, 0.5) is 0 Å². The lowest BCUT2D eigenvalue weighted by Crippen LogP contribution is -2.27. The molecule has 0 aliphatic rings. The lowest BCUT2D eigenvalue weighted by atomic mass is 10.0. The minimum absolute atomic E-state index is 0.00849. The molecule has 1 atom stereocenters. The van der Waals surface area contributed by atoms with Crippen molar-refractivity contribution in [2.45, 2.75) is 52.4 Å². The van der Waals surface area contributed by atoms with Gasteiger partial charge >= 0.3 is 0 Å². The van der Waals surface area contributed by atoms with E-state index in [9.17, 15) is 0 Å². The number of aliphatic imine (C=N–C) groups is 1. The summed E-state index contributed by atoms with van der Waals surface area (Å²) in [6.07, 6.45) is 1.84. The molecule has 0 amide bonds. The molecule has 1 aromatic heterocycles. The number of aryl methyl sites for hydroxylation is 1. The monoisotopic (exact) mass is 343 g/mol. The standard InChI is InChI=1S/C20H29NO2Si/c1-15(2)19-12-18(23-16(19)3)13-21-20(14-22-24(4,5)6)17-10-8-7-9-11-17/h7-13,15,20H,14H2,1-6H3/b21-13+/t20-/m0/s1. The third-order valence-electron chi connectivity index (χ3n) is 3.84. The van der Waals surface area contributed by atoms with Crippen molar-refractivity contribution >= 4 is 14.5 Å². The van der Waals surface area contributed by atoms with Gasteiger partial charge in [-0.25, -0.2) is 0 Å². The Labute approximate surface area is 146 Å². The van der Waals surface area contributed by atoms with E-state index in [1.807, 2.05) is 31.3 Å². The maximum absolute atomic E-state index is 6.10. The van der Waals surface area contributed by atoms with Gasteiger partial charge in [-0.2, -0.15) is 0 Å². The van der Waals surface area contributed by atoms with Gasteiger partial charge in [-0.05, 0) is 49.7 Å². The molecule has 0 unspecified atom stereocenters. The molecule has 1 heterocycles. The first-order chi connectivity index (χ1) is 11.3. The third-order valence-corrected chi connectivity index (χ3v) is 4.87. The van der Waals surface area contributed by atoms with E-state index in [0.29, 0.717) is 12.5 Å². The Bertz CT molecular complexity index is 669. The van der Waals surface area contributed by atoms with E-state index in [1.165, 1.54) is 11.1 Å². The van der Waals surface area contributed by atoms with Gasteiger partial charge in [-0.15, -0.1) is 0 Å². The van der Waals surface area contributed by atoms with Crippen molar-refractivity contribution in [1.82, 2.24) is 0 Å². The summed E-state index contributed by atoms with van der Waals surface area (Å²) in [4.78, 5) is 4.76. The molecule has 0 aliphatic heterocycles. The van der Waals surface area contributed by atoms with Crippen molar-refractivity contribution in [2.75, 3.05) is 6.61 Å². The van der Waals surface area contributed by atoms with Gasteiger partial charge in [0.05, 0.1) is 18.9 Å². The minimum Gasteiger partial charge on any atom is -0.460 e. The van der Waals surface area contributed by atoms with Gasteiger partial charge in [0.25, 0.3) is 0 Å². The van der Waals surface area contributed by atoms with Crippen molar-refractivity contribution in [3.63, 3.8) is 0 Å². The number of benzene rings is 1. The molecule has 4 heteroatoms. The van der Waals surface area contributed by atoms with E-state index in [4.69, 9.17) is 13.8 Å². The Morgan fingerprint density at radius 1 is 1.17 bits per heavy atom. The molecule has 0 radical (unpaired) electrons. The van der Waals surface area contributed by atoms with Crippen LogP contribution in [0.2, 0.25) is 19.6 Å². The normalized spacial score (nSPS) is 13.8. The summed E-state index contributed by atoms with van der Waals surface area (Å²) >= 11 is 0. The van der Waals surface area contributed by atoms with Crippen LogP contribution >= 0.6 is 0 Å². The van der Waals surface area contributed by atoms with Gasteiger partial charge in [0.15, 0.2) is 8.32 Å². The van der Waals surface area contributed by atoms with Crippen LogP contribution in [-0.4, -0.2) is 21.1 Å². The topological polar surface area (TPSA) is 34.7 Å². The van der Waals surface area contributed by atoms with Gasteiger partial charge in [0.2, 0.25) is 0 Å². The lowest BCUT2D eigenvalue weighted by molar-refractivity contribution is 0.285. The second-order valence-electron chi connectivity index (χ2n) is 7.44. The highest BCUT2D eigenvalue weighted by molar-refractivity contribution is 6.69. The summed E-state index contributed by atoms with van der Waals surface area (Å²) in [5.74, 6) is 2.24. The second-order valence-corrected chi connectivity index (χ2v) is 12.0. The van der Waals surface area contributed by atoms with Crippen molar-refractivity contribution in [2.24, 2.45) is 4.99 Å². The van der Waals surface area contributed by atoms with Crippen LogP contribution in [0.25, 0.3) is 0 Å². The SMILES string of the molecule is Cc1oc(/C=N/[C@@H](CO[Si](C)(C)C)c2ccccc2)cc1C(C)C. The van der Waals surface area contributed by atoms with Gasteiger partial charge < -0.3 is 8.84 Å². The summed E-state index contributed by atoms with van der Waals surface area (Å²) in [6.45, 7) is 13.6. The molecule has 0 bridgehead atoms. The zero-order valence-electron chi connectivity index (χ0n) is 15.7. The maximum Gasteiger partial charge on any atom is 0.183 e. The highest BCUT2D eigenvalue weighted by Crippen LogP contribution is 2.23. The van der Waals surface area contributed by atoms with E-state index < -0.39 is 8.32 Å². The van der Waals surface area contributed by atoms with Crippen LogP contribution in [0.1, 0.15) is 48.5 Å². The van der Waals surface area contributed by atoms with E-state index in [0.717, 1.165) is 11.5 Å². The molecule has 1 aromatic carbocycles. The number of nitrogens with zero attached hydrogens (tertiary/aromatic N) is 1. The quantitative estimate of drug-likeness (QED) is 0.476. The number of rotatable bonds is 7. The van der Waals surface area contributed by atoms with Crippen LogP contribution in [-0.2, 0) is 4.43 Å². The Hall–Kier alpha value is -1.65. The first-order valence-electron chi connectivity index (χ1n) is 8.58. The maximum atomic E-state index is 6.10. The molecule has 0 N–H and O–H groups in total. The van der Waals surface area contributed by atoms with Crippen molar-refractivity contribution in [1.29, 1.82) is 0 Å². The molecule has 130 valence electrons. The van der Waals surface area contributed by atoms with Crippen molar-refractivity contribution < 1.29 is 8.84 Å². The van der Waals surface area contributed by atoms with Crippen LogP contribution in [0.15, 0.2) is 45.8 Å². The van der Waals surface area contributed by atoms with Gasteiger partial charge in [0, 0.05) is 0 Å². The molecular weight excluding hydrogens is 314 g/mol. The van der Waals surface area contributed by atoms with Crippen LogP contribution in [0, 0.1) is 6.92 Å². The fraction of sp³-hybridized carbons (Fsp3) is 0.450. The average molecular weight is 344 g/mol. The zero-order chi connectivity index (χ0) is 17.7. The fourth-order valence-electron chi connectivity index (χ4n) is 2.55. The summed E-state index contributed by atoms with van der Waals surface area (Å²) in [7, 11) is -1.58. The predicted octanol–water partition coefficient (Wildman–Crippen LogP) is 5.72.